The van der Waals surface area contributed by atoms with Crippen molar-refractivity contribution in [2.75, 3.05) is 6.61 Å². The Morgan fingerprint density at radius 2 is 0.917 bits per heavy atom. The molecular formula is C17H9F17O2. The zero-order valence-corrected chi connectivity index (χ0v) is 16.5. The van der Waals surface area contributed by atoms with E-state index in [1.807, 2.05) is 0 Å². The lowest BCUT2D eigenvalue weighted by Crippen LogP contribution is -2.74. The van der Waals surface area contributed by atoms with E-state index in [0.29, 0.717) is 0 Å². The molecule has 0 N–H and O–H groups in total. The van der Waals surface area contributed by atoms with Gasteiger partial charge in [0.15, 0.2) is 0 Å². The topological polar surface area (TPSA) is 26.3 Å². The summed E-state index contributed by atoms with van der Waals surface area (Å²) in [4.78, 5) is 11.5. The number of halogens is 17. The summed E-state index contributed by atoms with van der Waals surface area (Å²) >= 11 is 0. The summed E-state index contributed by atoms with van der Waals surface area (Å²) in [6.07, 6.45) is -10.6. The Bertz CT molecular complexity index is 921. The summed E-state index contributed by atoms with van der Waals surface area (Å²) in [5.74, 6) is -58.4. The molecule has 1 rings (SSSR count). The second-order valence-electron chi connectivity index (χ2n) is 6.90. The molecule has 36 heavy (non-hydrogen) atoms. The molecule has 0 bridgehead atoms. The van der Waals surface area contributed by atoms with Crippen LogP contribution in [-0.4, -0.2) is 60.2 Å². The fourth-order valence-corrected chi connectivity index (χ4v) is 2.28. The summed E-state index contributed by atoms with van der Waals surface area (Å²) in [5, 5.41) is 0. The van der Waals surface area contributed by atoms with Gasteiger partial charge in [0.2, 0.25) is 0 Å². The van der Waals surface area contributed by atoms with Gasteiger partial charge in [-0.05, 0) is 12.1 Å². The second kappa shape index (κ2) is 9.11. The van der Waals surface area contributed by atoms with Gasteiger partial charge in [0.1, 0.15) is 0 Å². The largest absolute Gasteiger partial charge is 0.462 e. The van der Waals surface area contributed by atoms with E-state index in [2.05, 4.69) is 4.74 Å². The maximum atomic E-state index is 13.7. The van der Waals surface area contributed by atoms with E-state index >= 15 is 0 Å². The van der Waals surface area contributed by atoms with Gasteiger partial charge in [-0.2, -0.15) is 74.6 Å². The molecule has 1 aromatic carbocycles. The number of hydrogen-bond acceptors (Lipinski definition) is 2. The first kappa shape index (κ1) is 31.5. The van der Waals surface area contributed by atoms with Crippen LogP contribution in [0.25, 0.3) is 0 Å². The highest BCUT2D eigenvalue weighted by molar-refractivity contribution is 5.89. The van der Waals surface area contributed by atoms with Crippen molar-refractivity contribution in [3.63, 3.8) is 0 Å². The third kappa shape index (κ3) is 4.64. The van der Waals surface area contributed by atoms with Gasteiger partial charge >= 0.3 is 53.6 Å². The zero-order valence-electron chi connectivity index (χ0n) is 16.5. The van der Waals surface area contributed by atoms with Gasteiger partial charge in [0.25, 0.3) is 0 Å². The molecule has 19 heteroatoms. The van der Waals surface area contributed by atoms with Crippen LogP contribution >= 0.6 is 0 Å². The Hall–Kier alpha value is -2.50. The summed E-state index contributed by atoms with van der Waals surface area (Å²) in [6.45, 7) is -1.99. The van der Waals surface area contributed by atoms with Crippen molar-refractivity contribution in [2.24, 2.45) is 0 Å². The molecule has 0 fully saturated rings. The molecule has 0 aliphatic carbocycles. The van der Waals surface area contributed by atoms with E-state index < -0.39 is 72.2 Å². The van der Waals surface area contributed by atoms with E-state index in [-0.39, 0.29) is 0 Å². The predicted octanol–water partition coefficient (Wildman–Crippen LogP) is 7.24. The Morgan fingerprint density at radius 1 is 0.556 bits per heavy atom. The molecule has 0 unspecified atom stereocenters. The minimum absolute atomic E-state index is 0.433. The van der Waals surface area contributed by atoms with Crippen LogP contribution in [0.5, 0.6) is 0 Å². The van der Waals surface area contributed by atoms with Crippen molar-refractivity contribution in [1.82, 2.24) is 0 Å². The quantitative estimate of drug-likeness (QED) is 0.220. The average molecular weight is 568 g/mol. The molecule has 0 radical (unpaired) electrons. The molecule has 0 saturated heterocycles. The van der Waals surface area contributed by atoms with Crippen LogP contribution < -0.4 is 0 Å². The van der Waals surface area contributed by atoms with Crippen molar-refractivity contribution >= 4 is 5.97 Å². The van der Waals surface area contributed by atoms with E-state index in [1.165, 1.54) is 18.2 Å². The van der Waals surface area contributed by atoms with Gasteiger partial charge in [-0.1, -0.05) is 18.2 Å². The zero-order chi connectivity index (χ0) is 28.8. The summed E-state index contributed by atoms with van der Waals surface area (Å²) in [5.41, 5.74) is -0.433. The lowest BCUT2D eigenvalue weighted by Gasteiger charge is -2.42. The van der Waals surface area contributed by atoms with Gasteiger partial charge in [0.05, 0.1) is 18.6 Å². The minimum Gasteiger partial charge on any atom is -0.462 e. The van der Waals surface area contributed by atoms with Gasteiger partial charge in [-0.3, -0.25) is 0 Å². The first-order chi connectivity index (χ1) is 15.7. The highest BCUT2D eigenvalue weighted by Gasteiger charge is 2.95. The van der Waals surface area contributed by atoms with Crippen LogP contribution in [0.2, 0.25) is 0 Å². The Morgan fingerprint density at radius 3 is 1.31 bits per heavy atom. The lowest BCUT2D eigenvalue weighted by atomic mass is 9.88. The second-order valence-corrected chi connectivity index (χ2v) is 6.90. The van der Waals surface area contributed by atoms with E-state index in [1.54, 1.807) is 0 Å². The number of esters is 1. The van der Waals surface area contributed by atoms with Crippen molar-refractivity contribution in [1.29, 1.82) is 0 Å². The highest BCUT2D eigenvalue weighted by Crippen LogP contribution is 2.64. The number of carbonyl (C=O) groups excluding carboxylic acids is 1. The van der Waals surface area contributed by atoms with Gasteiger partial charge in [0, 0.05) is 0 Å². The standard InChI is InChI=1S/C17H9F17O2/c18-10(19,6-7-36-9(35)8-4-2-1-3-5-8)11(20,21)12(22,23)13(24,25)14(26,27)15(28,29)16(30,31)17(32,33)34/h1-5H,6-7H2. The fraction of sp³-hybridized carbons (Fsp3) is 0.588. The number of benzene rings is 1. The summed E-state index contributed by atoms with van der Waals surface area (Å²) < 4.78 is 227. The maximum Gasteiger partial charge on any atom is 0.460 e. The number of carbonyl (C=O) groups is 1. The number of alkyl halides is 17. The van der Waals surface area contributed by atoms with Crippen molar-refractivity contribution in [3.05, 3.63) is 35.9 Å². The van der Waals surface area contributed by atoms with E-state index in [4.69, 9.17) is 0 Å². The maximum absolute atomic E-state index is 13.7. The molecule has 2 nitrogen and oxygen atoms in total. The first-order valence-electron chi connectivity index (χ1n) is 8.67. The van der Waals surface area contributed by atoms with Crippen LogP contribution in [0.15, 0.2) is 30.3 Å². The summed E-state index contributed by atoms with van der Waals surface area (Å²) in [6, 6.07) is 5.57. The van der Waals surface area contributed by atoms with Crippen LogP contribution in [0.3, 0.4) is 0 Å². The lowest BCUT2D eigenvalue weighted by molar-refractivity contribution is -0.461. The number of hydrogen-bond donors (Lipinski definition) is 0. The fourth-order valence-electron chi connectivity index (χ4n) is 2.28. The van der Waals surface area contributed by atoms with Crippen LogP contribution in [0.4, 0.5) is 74.6 Å². The molecule has 1 aromatic rings. The van der Waals surface area contributed by atoms with Crippen molar-refractivity contribution < 1.29 is 84.2 Å². The Labute approximate surface area is 188 Å². The van der Waals surface area contributed by atoms with Gasteiger partial charge < -0.3 is 4.74 Å². The molecule has 0 saturated carbocycles. The van der Waals surface area contributed by atoms with Crippen LogP contribution in [0.1, 0.15) is 16.8 Å². The summed E-state index contributed by atoms with van der Waals surface area (Å²) in [7, 11) is 0. The van der Waals surface area contributed by atoms with E-state index in [9.17, 15) is 79.4 Å². The molecule has 0 aliphatic heterocycles. The van der Waals surface area contributed by atoms with Gasteiger partial charge in [-0.15, -0.1) is 0 Å². The molecule has 0 amide bonds. The normalized spacial score (nSPS) is 15.1. The predicted molar refractivity (Wildman–Crippen MR) is 82.0 cm³/mol. The van der Waals surface area contributed by atoms with E-state index in [0.717, 1.165) is 12.1 Å². The SMILES string of the molecule is O=C(OCCC(F)(F)C(F)(F)C(F)(F)C(F)(F)C(F)(F)C(F)(F)C(F)(F)C(F)(F)F)c1ccccc1. The average Bonchev–Trinajstić information content (AvgIpc) is 2.72. The number of rotatable bonds is 10. The third-order valence-electron chi connectivity index (χ3n) is 4.45. The minimum atomic E-state index is -8.68. The van der Waals surface area contributed by atoms with Crippen LogP contribution in [-0.2, 0) is 4.74 Å². The smallest absolute Gasteiger partial charge is 0.460 e. The third-order valence-corrected chi connectivity index (χ3v) is 4.45. The molecule has 0 aliphatic rings. The first-order valence-corrected chi connectivity index (χ1v) is 8.67. The molecule has 0 aromatic heterocycles. The Balaban J connectivity index is 3.30. The van der Waals surface area contributed by atoms with Gasteiger partial charge in [-0.25, -0.2) is 4.79 Å². The number of ether oxygens (including phenoxy) is 1. The molecular weight excluding hydrogens is 559 g/mol. The highest BCUT2D eigenvalue weighted by atomic mass is 19.4. The Kier molecular flexibility index (Phi) is 7.98. The monoisotopic (exact) mass is 568 g/mol. The molecule has 208 valence electrons. The van der Waals surface area contributed by atoms with Crippen molar-refractivity contribution in [2.45, 2.75) is 54.1 Å². The van der Waals surface area contributed by atoms with Crippen LogP contribution in [0, 0.1) is 0 Å². The molecule has 0 atom stereocenters. The van der Waals surface area contributed by atoms with Crippen molar-refractivity contribution in [3.8, 4) is 0 Å². The molecule has 0 heterocycles. The molecule has 0 spiro atoms.